The molecular formula is C31H46N2O3. The van der Waals surface area contributed by atoms with Crippen molar-refractivity contribution >= 4 is 11.6 Å². The molecule has 2 atom stereocenters. The highest BCUT2D eigenvalue weighted by molar-refractivity contribution is 6.04. The Kier molecular flexibility index (Phi) is 10.6. The quantitative estimate of drug-likeness (QED) is 0.319. The fourth-order valence-electron chi connectivity index (χ4n) is 5.58. The molecule has 2 rings (SSSR count). The third kappa shape index (κ3) is 5.80. The molecule has 0 amide bonds. The van der Waals surface area contributed by atoms with Crippen LogP contribution in [0, 0.1) is 0 Å². The zero-order chi connectivity index (χ0) is 27.1. The summed E-state index contributed by atoms with van der Waals surface area (Å²) in [4.78, 5) is 31.0. The fourth-order valence-corrected chi connectivity index (χ4v) is 5.58. The molecule has 0 saturated carbocycles. The lowest BCUT2D eigenvalue weighted by Gasteiger charge is -2.38. The molecule has 0 spiro atoms. The van der Waals surface area contributed by atoms with Crippen LogP contribution in [-0.4, -0.2) is 65.7 Å². The minimum absolute atomic E-state index is 0.119. The highest BCUT2D eigenvalue weighted by Crippen LogP contribution is 2.31. The van der Waals surface area contributed by atoms with Crippen molar-refractivity contribution in [2.75, 3.05) is 28.2 Å². The molecule has 0 fully saturated rings. The molecule has 0 aliphatic heterocycles. The molecule has 198 valence electrons. The Labute approximate surface area is 218 Å². The second kappa shape index (κ2) is 12.8. The zero-order valence-corrected chi connectivity index (χ0v) is 23.6. The smallest absolute Gasteiger partial charge is 0.183 e. The summed E-state index contributed by atoms with van der Waals surface area (Å²) in [5.74, 6) is 0.237. The summed E-state index contributed by atoms with van der Waals surface area (Å²) in [6, 6.07) is 14.6. The lowest BCUT2D eigenvalue weighted by atomic mass is 9.81. The third-order valence-corrected chi connectivity index (χ3v) is 8.03. The Bertz CT molecular complexity index is 916. The Morgan fingerprint density at radius 3 is 1.19 bits per heavy atom. The first-order valence-electron chi connectivity index (χ1n) is 13.4. The van der Waals surface area contributed by atoms with E-state index in [1.807, 2.05) is 86.5 Å². The van der Waals surface area contributed by atoms with E-state index in [4.69, 9.17) is 0 Å². The average Bonchev–Trinajstić information content (AvgIpc) is 2.89. The highest BCUT2D eigenvalue weighted by Gasteiger charge is 2.39. The summed E-state index contributed by atoms with van der Waals surface area (Å²) in [5, 5.41) is 11.0. The number of benzene rings is 2. The Balaban J connectivity index is 2.27. The molecule has 0 bridgehead atoms. The molecule has 0 saturated heterocycles. The van der Waals surface area contributed by atoms with Crippen LogP contribution in [0.1, 0.15) is 104 Å². The van der Waals surface area contributed by atoms with Gasteiger partial charge in [0.1, 0.15) is 6.10 Å². The van der Waals surface area contributed by atoms with Crippen LogP contribution in [0.5, 0.6) is 0 Å². The van der Waals surface area contributed by atoms with Crippen LogP contribution in [0.15, 0.2) is 48.5 Å². The number of ketones is 2. The molecule has 5 heteroatoms. The van der Waals surface area contributed by atoms with Crippen molar-refractivity contribution in [3.05, 3.63) is 70.8 Å². The average molecular weight is 495 g/mol. The van der Waals surface area contributed by atoms with E-state index >= 15 is 0 Å². The number of nitrogens with zero attached hydrogens (tertiary/aromatic N) is 2. The number of hydrogen-bond acceptors (Lipinski definition) is 5. The van der Waals surface area contributed by atoms with E-state index in [2.05, 4.69) is 27.7 Å². The van der Waals surface area contributed by atoms with Crippen molar-refractivity contribution < 1.29 is 14.7 Å². The van der Waals surface area contributed by atoms with Gasteiger partial charge in [0.2, 0.25) is 0 Å². The van der Waals surface area contributed by atoms with Gasteiger partial charge in [-0.05, 0) is 65.0 Å². The summed E-state index contributed by atoms with van der Waals surface area (Å²) in [6.45, 7) is 8.33. The van der Waals surface area contributed by atoms with Crippen LogP contribution in [0.3, 0.4) is 0 Å². The largest absolute Gasteiger partial charge is 0.384 e. The van der Waals surface area contributed by atoms with E-state index in [1.54, 1.807) is 0 Å². The van der Waals surface area contributed by atoms with Gasteiger partial charge >= 0.3 is 0 Å². The summed E-state index contributed by atoms with van der Waals surface area (Å²) in [5.41, 5.74) is 1.72. The first-order valence-corrected chi connectivity index (χ1v) is 13.4. The minimum Gasteiger partial charge on any atom is -0.384 e. The van der Waals surface area contributed by atoms with Gasteiger partial charge in [0, 0.05) is 11.1 Å². The lowest BCUT2D eigenvalue weighted by Crippen LogP contribution is -2.50. The first-order chi connectivity index (χ1) is 17.0. The Hall–Kier alpha value is -2.34. The van der Waals surface area contributed by atoms with Crippen LogP contribution >= 0.6 is 0 Å². The molecule has 0 aromatic heterocycles. The summed E-state index contributed by atoms with van der Waals surface area (Å²) < 4.78 is 0. The highest BCUT2D eigenvalue weighted by atomic mass is 16.3. The van der Waals surface area contributed by atoms with Gasteiger partial charge in [0.25, 0.3) is 0 Å². The lowest BCUT2D eigenvalue weighted by molar-refractivity contribution is 0.0635. The number of hydrogen-bond donors (Lipinski definition) is 1. The second-order valence-corrected chi connectivity index (χ2v) is 10.4. The van der Waals surface area contributed by atoms with Crippen molar-refractivity contribution in [3.63, 3.8) is 0 Å². The maximum atomic E-state index is 13.4. The number of aliphatic hydroxyl groups is 1. The van der Waals surface area contributed by atoms with Gasteiger partial charge in [0.05, 0.1) is 11.1 Å². The second-order valence-electron chi connectivity index (χ2n) is 10.4. The Morgan fingerprint density at radius 1 is 0.667 bits per heavy atom. The molecule has 36 heavy (non-hydrogen) atoms. The molecule has 5 nitrogen and oxygen atoms in total. The molecule has 0 aliphatic carbocycles. The van der Waals surface area contributed by atoms with Crippen molar-refractivity contribution in [2.45, 2.75) is 83.4 Å². The number of Topliss-reactive ketones (excluding diaryl/α,β-unsaturated/α-hetero) is 2. The number of carbonyl (C=O) groups is 2. The maximum Gasteiger partial charge on any atom is 0.183 e. The van der Waals surface area contributed by atoms with E-state index in [9.17, 15) is 14.7 Å². The number of aliphatic hydroxyl groups excluding tert-OH is 1. The van der Waals surface area contributed by atoms with Crippen molar-refractivity contribution in [1.82, 2.24) is 9.80 Å². The maximum absolute atomic E-state index is 13.4. The molecule has 2 aromatic carbocycles. The third-order valence-electron chi connectivity index (χ3n) is 8.03. The SMILES string of the molecule is CCCC(CC)(C(=O)c1ccc(C(O)c2ccc(C(=O)C(CC)(CCC)N(C)C)cc2)cc1)N(C)C. The number of likely N-dealkylation sites (N-methyl/N-ethyl adjacent to an activating group) is 2. The van der Waals surface area contributed by atoms with Crippen LogP contribution in [0.2, 0.25) is 0 Å². The monoisotopic (exact) mass is 494 g/mol. The van der Waals surface area contributed by atoms with E-state index in [0.717, 1.165) is 49.7 Å². The standard InChI is InChI=1S/C31H46N2O3/c1-9-21-30(11-3,32(5)6)28(35)25-17-13-23(14-18-25)27(34)24-15-19-26(20-16-24)29(36)31(12-4,22-10-2)33(7)8/h13-20,27,34H,9-12,21-22H2,1-8H3. The van der Waals surface area contributed by atoms with Gasteiger partial charge in [0.15, 0.2) is 11.6 Å². The van der Waals surface area contributed by atoms with Gasteiger partial charge in [-0.2, -0.15) is 0 Å². The molecule has 1 N–H and O–H groups in total. The van der Waals surface area contributed by atoms with E-state index in [-0.39, 0.29) is 11.6 Å². The van der Waals surface area contributed by atoms with Crippen molar-refractivity contribution in [3.8, 4) is 0 Å². The zero-order valence-electron chi connectivity index (χ0n) is 23.6. The van der Waals surface area contributed by atoms with E-state index in [1.165, 1.54) is 0 Å². The molecule has 2 unspecified atom stereocenters. The van der Waals surface area contributed by atoms with Gasteiger partial charge in [-0.1, -0.05) is 89.1 Å². The minimum atomic E-state index is -0.834. The summed E-state index contributed by atoms with van der Waals surface area (Å²) in [7, 11) is 7.87. The van der Waals surface area contributed by atoms with Crippen LogP contribution in [0.25, 0.3) is 0 Å². The van der Waals surface area contributed by atoms with Crippen molar-refractivity contribution in [2.24, 2.45) is 0 Å². The molecule has 0 aliphatic rings. The number of rotatable bonds is 14. The summed E-state index contributed by atoms with van der Waals surface area (Å²) >= 11 is 0. The molecule has 2 aromatic rings. The molecular weight excluding hydrogens is 448 g/mol. The molecule has 0 radical (unpaired) electrons. The van der Waals surface area contributed by atoms with Gasteiger partial charge in [-0.25, -0.2) is 0 Å². The topological polar surface area (TPSA) is 60.9 Å². The van der Waals surface area contributed by atoms with E-state index < -0.39 is 17.2 Å². The van der Waals surface area contributed by atoms with Crippen molar-refractivity contribution in [1.29, 1.82) is 0 Å². The van der Waals surface area contributed by atoms with Crippen LogP contribution < -0.4 is 0 Å². The van der Waals surface area contributed by atoms with Gasteiger partial charge in [-0.15, -0.1) is 0 Å². The number of carbonyl (C=O) groups excluding carboxylic acids is 2. The predicted molar refractivity (Wildman–Crippen MR) is 149 cm³/mol. The fraction of sp³-hybridized carbons (Fsp3) is 0.548. The van der Waals surface area contributed by atoms with Gasteiger partial charge in [-0.3, -0.25) is 19.4 Å². The van der Waals surface area contributed by atoms with Gasteiger partial charge < -0.3 is 5.11 Å². The predicted octanol–water partition coefficient (Wildman–Crippen LogP) is 6.15. The summed E-state index contributed by atoms with van der Waals surface area (Å²) in [6.07, 6.45) is 4.12. The first kappa shape index (κ1) is 29.9. The molecule has 0 heterocycles. The normalized spacial score (nSPS) is 16.0. The van der Waals surface area contributed by atoms with Crippen LogP contribution in [0.4, 0.5) is 0 Å². The van der Waals surface area contributed by atoms with Crippen LogP contribution in [-0.2, 0) is 0 Å². The Morgan fingerprint density at radius 2 is 0.972 bits per heavy atom. The van der Waals surface area contributed by atoms with E-state index in [0.29, 0.717) is 11.1 Å².